The van der Waals surface area contributed by atoms with Crippen LogP contribution < -0.4 is 30.9 Å². The second-order valence-corrected chi connectivity index (χ2v) is 8.17. The fraction of sp³-hybridized carbons (Fsp3) is 0.375. The molecule has 0 aliphatic carbocycles. The molecule has 2 aromatic carbocycles. The number of aromatic nitrogens is 2. The molecule has 0 saturated carbocycles. The van der Waals surface area contributed by atoms with E-state index in [2.05, 4.69) is 20.1 Å². The van der Waals surface area contributed by atoms with Gasteiger partial charge in [0.2, 0.25) is 5.91 Å². The number of nitrogens with one attached hydrogen (secondary N) is 2. The Hall–Kier alpha value is -3.79. The molecule has 0 unspecified atom stereocenters. The average Bonchev–Trinajstić information content (AvgIpc) is 2.83. The fourth-order valence-electron chi connectivity index (χ4n) is 4.28. The van der Waals surface area contributed by atoms with Crippen molar-refractivity contribution in [2.75, 3.05) is 57.2 Å². The van der Waals surface area contributed by atoms with Gasteiger partial charge in [-0.1, -0.05) is 12.1 Å². The van der Waals surface area contributed by atoms with Crippen molar-refractivity contribution in [3.8, 4) is 11.5 Å². The van der Waals surface area contributed by atoms with Crippen LogP contribution in [-0.2, 0) is 11.3 Å². The van der Waals surface area contributed by atoms with Crippen LogP contribution in [0, 0.1) is 0 Å². The van der Waals surface area contributed by atoms with Crippen molar-refractivity contribution in [3.05, 3.63) is 57.2 Å². The number of carbonyl (C=O) groups excluding carboxylic acids is 1. The molecule has 2 heterocycles. The summed E-state index contributed by atoms with van der Waals surface area (Å²) in [5, 5.41) is 2.97. The summed E-state index contributed by atoms with van der Waals surface area (Å²) in [6.45, 7) is 5.50. The highest BCUT2D eigenvalue weighted by Crippen LogP contribution is 2.29. The number of para-hydroxylation sites is 2. The van der Waals surface area contributed by atoms with Crippen LogP contribution in [-0.4, -0.2) is 67.3 Å². The summed E-state index contributed by atoms with van der Waals surface area (Å²) in [6, 6.07) is 11.0. The zero-order valence-electron chi connectivity index (χ0n) is 19.6. The van der Waals surface area contributed by atoms with Gasteiger partial charge in [0.25, 0.3) is 5.56 Å². The molecule has 1 amide bonds. The molecular formula is C24H29N5O5. The molecule has 1 aliphatic heterocycles. The van der Waals surface area contributed by atoms with Crippen LogP contribution in [0.2, 0.25) is 0 Å². The number of carbonyl (C=O) groups is 1. The zero-order chi connectivity index (χ0) is 24.2. The highest BCUT2D eigenvalue weighted by atomic mass is 16.5. The summed E-state index contributed by atoms with van der Waals surface area (Å²) in [5.41, 5.74) is 0.937. The van der Waals surface area contributed by atoms with Gasteiger partial charge >= 0.3 is 5.69 Å². The maximum absolute atomic E-state index is 13.1. The third-order valence-corrected chi connectivity index (χ3v) is 6.05. The first-order valence-electron chi connectivity index (χ1n) is 11.1. The van der Waals surface area contributed by atoms with Crippen molar-refractivity contribution in [1.29, 1.82) is 0 Å². The number of hydrogen-bond donors (Lipinski definition) is 2. The number of ether oxygens (including phenoxy) is 2. The Labute approximate surface area is 196 Å². The standard InChI is InChI=1S/C24H29N5O5/c1-16(30)25-19-15-18-17(14-22(19)34-3)23(31)29(24(32)26-18)13-10-27-8-11-28(12-9-27)20-6-4-5-7-21(20)33-2/h4-7,14-15H,8-13H2,1-3H3,(H,25,30)(H,26,32). The lowest BCUT2D eigenvalue weighted by atomic mass is 10.2. The Morgan fingerprint density at radius 1 is 1.00 bits per heavy atom. The van der Waals surface area contributed by atoms with Crippen molar-refractivity contribution >= 4 is 28.2 Å². The van der Waals surface area contributed by atoms with E-state index in [9.17, 15) is 14.4 Å². The first-order chi connectivity index (χ1) is 16.4. The Kier molecular flexibility index (Phi) is 6.87. The Morgan fingerprint density at radius 3 is 2.38 bits per heavy atom. The van der Waals surface area contributed by atoms with E-state index in [1.807, 2.05) is 24.3 Å². The molecule has 180 valence electrons. The number of piperazine rings is 1. The smallest absolute Gasteiger partial charge is 0.328 e. The predicted molar refractivity (Wildman–Crippen MR) is 131 cm³/mol. The topological polar surface area (TPSA) is 109 Å². The zero-order valence-corrected chi connectivity index (χ0v) is 19.6. The number of nitrogens with zero attached hydrogens (tertiary/aromatic N) is 3. The van der Waals surface area contributed by atoms with E-state index >= 15 is 0 Å². The third-order valence-electron chi connectivity index (χ3n) is 6.05. The van der Waals surface area contributed by atoms with Crippen LogP contribution in [0.5, 0.6) is 11.5 Å². The normalized spacial score (nSPS) is 14.3. The van der Waals surface area contributed by atoms with Crippen LogP contribution in [0.1, 0.15) is 6.92 Å². The number of H-pyrrole nitrogens is 1. The van der Waals surface area contributed by atoms with Crippen LogP contribution >= 0.6 is 0 Å². The molecule has 1 saturated heterocycles. The molecule has 0 radical (unpaired) electrons. The Bertz CT molecular complexity index is 1310. The van der Waals surface area contributed by atoms with Crippen molar-refractivity contribution in [1.82, 2.24) is 14.5 Å². The minimum atomic E-state index is -0.482. The maximum atomic E-state index is 13.1. The summed E-state index contributed by atoms with van der Waals surface area (Å²) in [4.78, 5) is 44.5. The summed E-state index contributed by atoms with van der Waals surface area (Å²) in [7, 11) is 3.13. The lowest BCUT2D eigenvalue weighted by molar-refractivity contribution is -0.114. The van der Waals surface area contributed by atoms with Gasteiger partial charge in [-0.05, 0) is 24.3 Å². The van der Waals surface area contributed by atoms with Crippen molar-refractivity contribution in [3.63, 3.8) is 0 Å². The largest absolute Gasteiger partial charge is 0.495 e. The average molecular weight is 468 g/mol. The van der Waals surface area contributed by atoms with Gasteiger partial charge in [0.1, 0.15) is 11.5 Å². The van der Waals surface area contributed by atoms with Gasteiger partial charge in [0, 0.05) is 46.2 Å². The van der Waals surface area contributed by atoms with Crippen LogP contribution in [0.25, 0.3) is 10.9 Å². The third kappa shape index (κ3) is 4.76. The Balaban J connectivity index is 1.48. The number of benzene rings is 2. The monoisotopic (exact) mass is 467 g/mol. The van der Waals surface area contributed by atoms with E-state index in [1.54, 1.807) is 19.2 Å². The van der Waals surface area contributed by atoms with Crippen molar-refractivity contribution in [2.24, 2.45) is 0 Å². The molecule has 0 bridgehead atoms. The minimum absolute atomic E-state index is 0.272. The molecule has 1 fully saturated rings. The number of rotatable bonds is 7. The molecule has 2 N–H and O–H groups in total. The highest BCUT2D eigenvalue weighted by Gasteiger charge is 2.20. The van der Waals surface area contributed by atoms with Gasteiger partial charge in [-0.3, -0.25) is 19.1 Å². The van der Waals surface area contributed by atoms with Gasteiger partial charge in [-0.2, -0.15) is 0 Å². The summed E-state index contributed by atoms with van der Waals surface area (Å²) < 4.78 is 12.0. The van der Waals surface area contributed by atoms with E-state index in [4.69, 9.17) is 9.47 Å². The van der Waals surface area contributed by atoms with E-state index in [-0.39, 0.29) is 18.0 Å². The summed E-state index contributed by atoms with van der Waals surface area (Å²) >= 11 is 0. The molecule has 0 atom stereocenters. The minimum Gasteiger partial charge on any atom is -0.495 e. The molecular weight excluding hydrogens is 438 g/mol. The summed E-state index contributed by atoms with van der Waals surface area (Å²) in [6.07, 6.45) is 0. The number of hydrogen-bond acceptors (Lipinski definition) is 7. The number of aromatic amines is 1. The number of anilines is 2. The molecule has 1 aromatic heterocycles. The van der Waals surface area contributed by atoms with E-state index in [1.165, 1.54) is 18.6 Å². The molecule has 10 nitrogen and oxygen atoms in total. The van der Waals surface area contributed by atoms with Crippen LogP contribution in [0.4, 0.5) is 11.4 Å². The molecule has 1 aliphatic rings. The van der Waals surface area contributed by atoms with Crippen molar-refractivity contribution in [2.45, 2.75) is 13.5 Å². The number of amides is 1. The highest BCUT2D eigenvalue weighted by molar-refractivity contribution is 5.94. The maximum Gasteiger partial charge on any atom is 0.328 e. The molecule has 3 aromatic rings. The Morgan fingerprint density at radius 2 is 1.71 bits per heavy atom. The van der Waals surface area contributed by atoms with Crippen molar-refractivity contribution < 1.29 is 14.3 Å². The lowest BCUT2D eigenvalue weighted by Crippen LogP contribution is -2.48. The van der Waals surface area contributed by atoms with E-state index in [0.29, 0.717) is 28.9 Å². The quantitative estimate of drug-likeness (QED) is 0.542. The molecule has 4 rings (SSSR count). The van der Waals surface area contributed by atoms with Gasteiger partial charge in [0.05, 0.1) is 36.5 Å². The fourth-order valence-corrected chi connectivity index (χ4v) is 4.28. The predicted octanol–water partition coefficient (Wildman–Crippen LogP) is 1.49. The second-order valence-electron chi connectivity index (χ2n) is 8.17. The molecule has 10 heteroatoms. The van der Waals surface area contributed by atoms with E-state index in [0.717, 1.165) is 37.6 Å². The van der Waals surface area contributed by atoms with Gasteiger partial charge in [0.15, 0.2) is 0 Å². The number of methoxy groups -OCH3 is 2. The molecule has 0 spiro atoms. The first-order valence-corrected chi connectivity index (χ1v) is 11.1. The van der Waals surface area contributed by atoms with E-state index < -0.39 is 5.69 Å². The lowest BCUT2D eigenvalue weighted by Gasteiger charge is -2.36. The van der Waals surface area contributed by atoms with Gasteiger partial charge in [-0.15, -0.1) is 0 Å². The van der Waals surface area contributed by atoms with Crippen LogP contribution in [0.3, 0.4) is 0 Å². The second kappa shape index (κ2) is 10.0. The first kappa shape index (κ1) is 23.4. The summed E-state index contributed by atoms with van der Waals surface area (Å²) in [5.74, 6) is 0.923. The van der Waals surface area contributed by atoms with Crippen LogP contribution in [0.15, 0.2) is 46.0 Å². The SMILES string of the molecule is COc1cc2c(=O)n(CCN3CCN(c4ccccc4OC)CC3)c(=O)[nH]c2cc1NC(C)=O. The van der Waals surface area contributed by atoms with Gasteiger partial charge < -0.3 is 24.7 Å². The molecule has 34 heavy (non-hydrogen) atoms. The number of fused-ring (bicyclic) bond motifs is 1. The van der Waals surface area contributed by atoms with Gasteiger partial charge in [-0.25, -0.2) is 4.79 Å².